The van der Waals surface area contributed by atoms with Crippen LogP contribution in [0.5, 0.6) is 0 Å². The average molecular weight is 338 g/mol. The van der Waals surface area contributed by atoms with Gasteiger partial charge in [0.05, 0.1) is 0 Å². The van der Waals surface area contributed by atoms with Gasteiger partial charge in [-0.2, -0.15) is 0 Å². The second-order valence-electron chi connectivity index (χ2n) is 5.01. The van der Waals surface area contributed by atoms with Crippen molar-refractivity contribution in [3.63, 3.8) is 0 Å². The summed E-state index contributed by atoms with van der Waals surface area (Å²) in [5.41, 5.74) is 3.15. The van der Waals surface area contributed by atoms with Crippen molar-refractivity contribution in [2.24, 2.45) is 11.8 Å². The van der Waals surface area contributed by atoms with Crippen LogP contribution in [0, 0.1) is 11.8 Å². The number of anilines is 2. The number of aromatic nitrogens is 4. The summed E-state index contributed by atoms with van der Waals surface area (Å²) in [5.74, 6) is -0.233. The van der Waals surface area contributed by atoms with Gasteiger partial charge in [0.25, 0.3) is 0 Å². The zero-order valence-corrected chi connectivity index (χ0v) is 13.2. The van der Waals surface area contributed by atoms with Crippen LogP contribution in [-0.2, 0) is 9.59 Å². The van der Waals surface area contributed by atoms with Crippen molar-refractivity contribution in [1.82, 2.24) is 20.4 Å². The van der Waals surface area contributed by atoms with Gasteiger partial charge in [0, 0.05) is 11.8 Å². The third-order valence-electron chi connectivity index (χ3n) is 3.65. The minimum Gasteiger partial charge on any atom is -0.300 e. The molecule has 0 atom stereocenters. The molecule has 0 aliphatic heterocycles. The molecular weight excluding hydrogens is 324 g/mol. The standard InChI is InChI=1S/C12H14N6O2S2/c19-9(15-11-17-13-5-21-11)7-1-2-8(4-3-7)10(20)16-12-18-14-6-22-12/h5-8H,1-4H2,(H,15,17,19)(H,16,18,20). The molecule has 2 N–H and O–H groups in total. The molecule has 1 saturated carbocycles. The Balaban J connectivity index is 1.47. The van der Waals surface area contributed by atoms with E-state index in [0.29, 0.717) is 35.9 Å². The van der Waals surface area contributed by atoms with Gasteiger partial charge in [0.2, 0.25) is 22.1 Å². The molecule has 2 aromatic rings. The molecular formula is C12H14N6O2S2. The fraction of sp³-hybridized carbons (Fsp3) is 0.500. The molecule has 0 bridgehead atoms. The van der Waals surface area contributed by atoms with Crippen molar-refractivity contribution < 1.29 is 9.59 Å². The highest BCUT2D eigenvalue weighted by atomic mass is 32.1. The quantitative estimate of drug-likeness (QED) is 0.879. The predicted molar refractivity (Wildman–Crippen MR) is 82.5 cm³/mol. The van der Waals surface area contributed by atoms with Gasteiger partial charge < -0.3 is 10.6 Å². The van der Waals surface area contributed by atoms with E-state index in [1.54, 1.807) is 11.0 Å². The normalized spacial score (nSPS) is 21.3. The minimum absolute atomic E-state index is 0.0419. The van der Waals surface area contributed by atoms with Crippen LogP contribution >= 0.6 is 22.7 Å². The molecule has 0 aromatic carbocycles. The lowest BCUT2D eigenvalue weighted by Gasteiger charge is -2.26. The Kier molecular flexibility index (Phi) is 4.68. The van der Waals surface area contributed by atoms with Crippen LogP contribution in [0.3, 0.4) is 0 Å². The lowest BCUT2D eigenvalue weighted by atomic mass is 9.81. The van der Waals surface area contributed by atoms with E-state index in [1.165, 1.54) is 22.7 Å². The summed E-state index contributed by atoms with van der Waals surface area (Å²) in [5, 5.41) is 21.5. The number of rotatable bonds is 4. The highest BCUT2D eigenvalue weighted by molar-refractivity contribution is 7.13. The number of hydrogen-bond donors (Lipinski definition) is 2. The van der Waals surface area contributed by atoms with Gasteiger partial charge in [-0.25, -0.2) is 0 Å². The first kappa shape index (κ1) is 15.0. The van der Waals surface area contributed by atoms with Crippen LogP contribution in [0.15, 0.2) is 11.0 Å². The van der Waals surface area contributed by atoms with Crippen LogP contribution in [-0.4, -0.2) is 32.2 Å². The van der Waals surface area contributed by atoms with Gasteiger partial charge in [0.15, 0.2) is 0 Å². The number of carbonyl (C=O) groups is 2. The van der Waals surface area contributed by atoms with E-state index in [9.17, 15) is 9.59 Å². The largest absolute Gasteiger partial charge is 0.300 e. The Morgan fingerprint density at radius 2 is 1.27 bits per heavy atom. The molecule has 2 aromatic heterocycles. The van der Waals surface area contributed by atoms with E-state index in [-0.39, 0.29) is 23.7 Å². The van der Waals surface area contributed by atoms with Gasteiger partial charge in [-0.15, -0.1) is 20.4 Å². The highest BCUT2D eigenvalue weighted by Gasteiger charge is 2.30. The van der Waals surface area contributed by atoms with Gasteiger partial charge in [-0.3, -0.25) is 9.59 Å². The van der Waals surface area contributed by atoms with Crippen molar-refractivity contribution in [3.05, 3.63) is 11.0 Å². The Morgan fingerprint density at radius 1 is 0.864 bits per heavy atom. The van der Waals surface area contributed by atoms with Crippen LogP contribution in [0.1, 0.15) is 25.7 Å². The maximum atomic E-state index is 12.1. The first-order chi connectivity index (χ1) is 10.7. The molecule has 1 aliphatic rings. The zero-order valence-electron chi connectivity index (χ0n) is 11.6. The molecule has 116 valence electrons. The Morgan fingerprint density at radius 3 is 1.59 bits per heavy atom. The maximum Gasteiger partial charge on any atom is 0.229 e. The minimum atomic E-state index is -0.0746. The lowest BCUT2D eigenvalue weighted by molar-refractivity contribution is -0.125. The topological polar surface area (TPSA) is 110 Å². The summed E-state index contributed by atoms with van der Waals surface area (Å²) >= 11 is 2.59. The molecule has 0 spiro atoms. The average Bonchev–Trinajstić information content (AvgIpc) is 3.21. The van der Waals surface area contributed by atoms with Crippen molar-refractivity contribution in [2.75, 3.05) is 10.6 Å². The number of amides is 2. The van der Waals surface area contributed by atoms with Crippen LogP contribution in [0.25, 0.3) is 0 Å². The molecule has 0 unspecified atom stereocenters. The van der Waals surface area contributed by atoms with Gasteiger partial charge >= 0.3 is 0 Å². The first-order valence-electron chi connectivity index (χ1n) is 6.86. The van der Waals surface area contributed by atoms with E-state index in [4.69, 9.17) is 0 Å². The van der Waals surface area contributed by atoms with Crippen LogP contribution in [0.4, 0.5) is 10.3 Å². The molecule has 8 nitrogen and oxygen atoms in total. The second-order valence-corrected chi connectivity index (χ2v) is 6.68. The second kappa shape index (κ2) is 6.88. The third-order valence-corrected chi connectivity index (χ3v) is 4.86. The fourth-order valence-electron chi connectivity index (χ4n) is 2.49. The molecule has 2 heterocycles. The SMILES string of the molecule is O=C(Nc1nncs1)C1CCC(C(=O)Nc2nncs2)CC1. The smallest absolute Gasteiger partial charge is 0.229 e. The molecule has 0 saturated heterocycles. The summed E-state index contributed by atoms with van der Waals surface area (Å²) in [6, 6.07) is 0. The predicted octanol–water partition coefficient (Wildman–Crippen LogP) is 1.77. The fourth-order valence-corrected chi connectivity index (χ4v) is 3.38. The molecule has 2 amide bonds. The van der Waals surface area contributed by atoms with Crippen molar-refractivity contribution in [2.45, 2.75) is 25.7 Å². The van der Waals surface area contributed by atoms with E-state index in [1.807, 2.05) is 0 Å². The summed E-state index contributed by atoms with van der Waals surface area (Å²) in [6.45, 7) is 0. The van der Waals surface area contributed by atoms with E-state index in [0.717, 1.165) is 0 Å². The lowest BCUT2D eigenvalue weighted by Crippen LogP contribution is -2.32. The summed E-state index contributed by atoms with van der Waals surface area (Å²) in [4.78, 5) is 24.2. The number of carbonyl (C=O) groups excluding carboxylic acids is 2. The van der Waals surface area contributed by atoms with Crippen LogP contribution in [0.2, 0.25) is 0 Å². The van der Waals surface area contributed by atoms with Crippen molar-refractivity contribution in [1.29, 1.82) is 0 Å². The van der Waals surface area contributed by atoms with Gasteiger partial charge in [0.1, 0.15) is 11.0 Å². The molecule has 10 heteroatoms. The molecule has 0 radical (unpaired) electrons. The summed E-state index contributed by atoms with van der Waals surface area (Å²) in [6.07, 6.45) is 2.77. The van der Waals surface area contributed by atoms with Gasteiger partial charge in [-0.05, 0) is 25.7 Å². The highest BCUT2D eigenvalue weighted by Crippen LogP contribution is 2.30. The monoisotopic (exact) mass is 338 g/mol. The summed E-state index contributed by atoms with van der Waals surface area (Å²) < 4.78 is 0. The molecule has 1 fully saturated rings. The first-order valence-corrected chi connectivity index (χ1v) is 8.62. The number of hydrogen-bond acceptors (Lipinski definition) is 8. The van der Waals surface area contributed by atoms with Crippen molar-refractivity contribution >= 4 is 44.8 Å². The van der Waals surface area contributed by atoms with Crippen LogP contribution < -0.4 is 10.6 Å². The number of nitrogens with one attached hydrogen (secondary N) is 2. The summed E-state index contributed by atoms with van der Waals surface area (Å²) in [7, 11) is 0. The molecule has 22 heavy (non-hydrogen) atoms. The molecule has 1 aliphatic carbocycles. The molecule has 3 rings (SSSR count). The Labute approximate surface area is 134 Å². The van der Waals surface area contributed by atoms with Gasteiger partial charge in [-0.1, -0.05) is 22.7 Å². The Bertz CT molecular complexity index is 566. The zero-order chi connectivity index (χ0) is 15.4. The number of nitrogens with zero attached hydrogens (tertiary/aromatic N) is 4. The van der Waals surface area contributed by atoms with E-state index < -0.39 is 0 Å². The van der Waals surface area contributed by atoms with E-state index in [2.05, 4.69) is 31.0 Å². The third kappa shape index (κ3) is 3.63. The van der Waals surface area contributed by atoms with E-state index >= 15 is 0 Å². The Hall–Kier alpha value is -1.94. The maximum absolute atomic E-state index is 12.1. The van der Waals surface area contributed by atoms with Crippen molar-refractivity contribution in [3.8, 4) is 0 Å².